The highest BCUT2D eigenvalue weighted by Crippen LogP contribution is 2.31. The first-order valence-corrected chi connectivity index (χ1v) is 8.13. The SMILES string of the molecule is Cc1cc(Sc2ccccc2)cc(C)c1S(C)=O. The number of hydrogen-bond donors (Lipinski definition) is 0. The van der Waals surface area contributed by atoms with E-state index in [9.17, 15) is 4.21 Å². The molecule has 1 nitrogen and oxygen atoms in total. The molecular weight excluding hydrogens is 260 g/mol. The van der Waals surface area contributed by atoms with E-state index >= 15 is 0 Å². The first-order chi connectivity index (χ1) is 8.58. The van der Waals surface area contributed by atoms with E-state index in [-0.39, 0.29) is 0 Å². The fraction of sp³-hybridized carbons (Fsp3) is 0.200. The predicted molar refractivity (Wildman–Crippen MR) is 78.8 cm³/mol. The van der Waals surface area contributed by atoms with Crippen molar-refractivity contribution in [2.75, 3.05) is 6.26 Å². The third-order valence-electron chi connectivity index (χ3n) is 2.70. The van der Waals surface area contributed by atoms with E-state index in [1.165, 1.54) is 9.79 Å². The first-order valence-electron chi connectivity index (χ1n) is 5.75. The summed E-state index contributed by atoms with van der Waals surface area (Å²) in [6.07, 6.45) is 1.74. The summed E-state index contributed by atoms with van der Waals surface area (Å²) in [4.78, 5) is 3.39. The Morgan fingerprint density at radius 3 is 2.00 bits per heavy atom. The third-order valence-corrected chi connectivity index (χ3v) is 4.90. The van der Waals surface area contributed by atoms with Crippen LogP contribution in [0.1, 0.15) is 11.1 Å². The number of hydrogen-bond acceptors (Lipinski definition) is 2. The lowest BCUT2D eigenvalue weighted by atomic mass is 10.1. The Bertz CT molecular complexity index is 553. The summed E-state index contributed by atoms with van der Waals surface area (Å²) < 4.78 is 11.7. The van der Waals surface area contributed by atoms with Crippen molar-refractivity contribution in [1.29, 1.82) is 0 Å². The van der Waals surface area contributed by atoms with Gasteiger partial charge in [0.1, 0.15) is 0 Å². The molecule has 3 heteroatoms. The van der Waals surface area contributed by atoms with Gasteiger partial charge in [0.2, 0.25) is 0 Å². The van der Waals surface area contributed by atoms with Gasteiger partial charge in [0.05, 0.1) is 10.8 Å². The van der Waals surface area contributed by atoms with Crippen LogP contribution in [-0.2, 0) is 10.8 Å². The van der Waals surface area contributed by atoms with Gasteiger partial charge in [-0.15, -0.1) is 0 Å². The van der Waals surface area contributed by atoms with E-state index in [4.69, 9.17) is 0 Å². The quantitative estimate of drug-likeness (QED) is 0.836. The average Bonchev–Trinajstić information content (AvgIpc) is 2.28. The van der Waals surface area contributed by atoms with Crippen molar-refractivity contribution < 1.29 is 4.21 Å². The van der Waals surface area contributed by atoms with Crippen molar-refractivity contribution >= 4 is 22.6 Å². The second-order valence-electron chi connectivity index (χ2n) is 4.26. The van der Waals surface area contributed by atoms with Crippen LogP contribution in [0, 0.1) is 13.8 Å². The maximum absolute atomic E-state index is 11.7. The van der Waals surface area contributed by atoms with Crippen LogP contribution in [0.15, 0.2) is 57.2 Å². The van der Waals surface area contributed by atoms with Gasteiger partial charge in [-0.2, -0.15) is 0 Å². The fourth-order valence-corrected chi connectivity index (χ4v) is 4.11. The molecule has 0 amide bonds. The van der Waals surface area contributed by atoms with Gasteiger partial charge in [-0.25, -0.2) is 0 Å². The lowest BCUT2D eigenvalue weighted by Crippen LogP contribution is -1.96. The molecule has 0 saturated carbocycles. The van der Waals surface area contributed by atoms with Gasteiger partial charge in [0.25, 0.3) is 0 Å². The molecule has 2 aromatic carbocycles. The minimum atomic E-state index is -0.916. The van der Waals surface area contributed by atoms with Crippen LogP contribution in [0.2, 0.25) is 0 Å². The normalized spacial score (nSPS) is 12.4. The van der Waals surface area contributed by atoms with E-state index in [1.807, 2.05) is 32.0 Å². The van der Waals surface area contributed by atoms with E-state index in [0.717, 1.165) is 16.0 Å². The van der Waals surface area contributed by atoms with Crippen molar-refractivity contribution in [1.82, 2.24) is 0 Å². The second-order valence-corrected chi connectivity index (χ2v) is 6.72. The van der Waals surface area contributed by atoms with E-state index < -0.39 is 10.8 Å². The van der Waals surface area contributed by atoms with Gasteiger partial charge in [-0.3, -0.25) is 4.21 Å². The molecular formula is C15H16OS2. The van der Waals surface area contributed by atoms with E-state index in [0.29, 0.717) is 0 Å². The van der Waals surface area contributed by atoms with Crippen molar-refractivity contribution in [3.05, 3.63) is 53.6 Å². The van der Waals surface area contributed by atoms with Crippen LogP contribution >= 0.6 is 11.8 Å². The first kappa shape index (κ1) is 13.4. The molecule has 18 heavy (non-hydrogen) atoms. The van der Waals surface area contributed by atoms with Crippen LogP contribution in [0.25, 0.3) is 0 Å². The Labute approximate surface area is 115 Å². The zero-order valence-corrected chi connectivity index (χ0v) is 12.4. The Morgan fingerprint density at radius 1 is 0.944 bits per heavy atom. The Balaban J connectivity index is 2.34. The second kappa shape index (κ2) is 5.72. The van der Waals surface area contributed by atoms with Crippen molar-refractivity contribution in [3.8, 4) is 0 Å². The van der Waals surface area contributed by atoms with Crippen LogP contribution in [-0.4, -0.2) is 10.5 Å². The Kier molecular flexibility index (Phi) is 4.25. The summed E-state index contributed by atoms with van der Waals surface area (Å²) in [5, 5.41) is 0. The van der Waals surface area contributed by atoms with E-state index in [1.54, 1.807) is 18.0 Å². The fourth-order valence-electron chi connectivity index (χ4n) is 2.05. The molecule has 0 aliphatic heterocycles. The van der Waals surface area contributed by atoms with Crippen molar-refractivity contribution in [2.45, 2.75) is 28.5 Å². The monoisotopic (exact) mass is 276 g/mol. The molecule has 2 rings (SSSR count). The Morgan fingerprint density at radius 2 is 1.50 bits per heavy atom. The van der Waals surface area contributed by atoms with Gasteiger partial charge < -0.3 is 0 Å². The zero-order chi connectivity index (χ0) is 13.1. The molecule has 2 aromatic rings. The number of benzene rings is 2. The molecule has 0 radical (unpaired) electrons. The summed E-state index contributed by atoms with van der Waals surface area (Å²) in [6.45, 7) is 4.05. The molecule has 0 N–H and O–H groups in total. The highest BCUT2D eigenvalue weighted by Gasteiger charge is 2.09. The number of rotatable bonds is 3. The molecule has 0 bridgehead atoms. The zero-order valence-electron chi connectivity index (χ0n) is 10.8. The third kappa shape index (κ3) is 3.03. The van der Waals surface area contributed by atoms with E-state index in [2.05, 4.69) is 24.3 Å². The largest absolute Gasteiger partial charge is 0.255 e. The molecule has 0 heterocycles. The summed E-state index contributed by atoms with van der Waals surface area (Å²) in [6, 6.07) is 14.5. The lowest BCUT2D eigenvalue weighted by Gasteiger charge is -2.10. The van der Waals surface area contributed by atoms with Gasteiger partial charge in [0.15, 0.2) is 0 Å². The van der Waals surface area contributed by atoms with Gasteiger partial charge in [-0.1, -0.05) is 30.0 Å². The Hall–Kier alpha value is -1.06. The van der Waals surface area contributed by atoms with Crippen LogP contribution in [0.5, 0.6) is 0 Å². The van der Waals surface area contributed by atoms with Crippen LogP contribution in [0.4, 0.5) is 0 Å². The van der Waals surface area contributed by atoms with Crippen molar-refractivity contribution in [2.24, 2.45) is 0 Å². The summed E-state index contributed by atoms with van der Waals surface area (Å²) in [5.41, 5.74) is 2.21. The standard InChI is InChI=1S/C15H16OS2/c1-11-9-14(10-12(2)15(11)18(3)16)17-13-7-5-4-6-8-13/h4-10H,1-3H3. The maximum Gasteiger partial charge on any atom is 0.0503 e. The molecule has 0 spiro atoms. The topological polar surface area (TPSA) is 17.1 Å². The maximum atomic E-state index is 11.7. The highest BCUT2D eigenvalue weighted by atomic mass is 32.2. The van der Waals surface area contributed by atoms with Gasteiger partial charge in [-0.05, 0) is 49.2 Å². The van der Waals surface area contributed by atoms with Gasteiger partial charge in [0, 0.05) is 20.9 Å². The minimum absolute atomic E-state index is 0.916. The molecule has 0 aliphatic carbocycles. The molecule has 94 valence electrons. The minimum Gasteiger partial charge on any atom is -0.255 e. The number of aryl methyl sites for hydroxylation is 2. The smallest absolute Gasteiger partial charge is 0.0503 e. The van der Waals surface area contributed by atoms with Crippen LogP contribution < -0.4 is 0 Å². The summed E-state index contributed by atoms with van der Waals surface area (Å²) in [7, 11) is -0.916. The van der Waals surface area contributed by atoms with Gasteiger partial charge >= 0.3 is 0 Å². The molecule has 0 saturated heterocycles. The molecule has 0 aromatic heterocycles. The predicted octanol–water partition coefficient (Wildman–Crippen LogP) is 4.19. The lowest BCUT2D eigenvalue weighted by molar-refractivity contribution is 0.686. The molecule has 0 fully saturated rings. The molecule has 1 unspecified atom stereocenters. The van der Waals surface area contributed by atoms with Crippen molar-refractivity contribution in [3.63, 3.8) is 0 Å². The summed E-state index contributed by atoms with van der Waals surface area (Å²) in [5.74, 6) is 0. The van der Waals surface area contributed by atoms with Crippen LogP contribution in [0.3, 0.4) is 0 Å². The molecule has 0 aliphatic rings. The highest BCUT2D eigenvalue weighted by molar-refractivity contribution is 7.99. The average molecular weight is 276 g/mol. The summed E-state index contributed by atoms with van der Waals surface area (Å²) >= 11 is 1.74. The molecule has 1 atom stereocenters.